The van der Waals surface area contributed by atoms with E-state index in [4.69, 9.17) is 0 Å². The van der Waals surface area contributed by atoms with Gasteiger partial charge in [-0.05, 0) is 36.2 Å². The molecule has 2 aromatic carbocycles. The van der Waals surface area contributed by atoms with Crippen LogP contribution in [-0.4, -0.2) is 5.11 Å². The van der Waals surface area contributed by atoms with Gasteiger partial charge in [-0.15, -0.1) is 0 Å². The van der Waals surface area contributed by atoms with E-state index in [0.717, 1.165) is 0 Å². The molecule has 1 N–H and O–H groups in total. The smallest absolute Gasteiger partial charge is 0.129 e. The van der Waals surface area contributed by atoms with Crippen molar-refractivity contribution in [1.29, 1.82) is 0 Å². The molecule has 3 heteroatoms. The summed E-state index contributed by atoms with van der Waals surface area (Å²) in [7, 11) is 0. The first-order valence-corrected chi connectivity index (χ1v) is 5.28. The predicted molar refractivity (Wildman–Crippen MR) is 61.6 cm³/mol. The van der Waals surface area contributed by atoms with E-state index in [1.54, 1.807) is 19.1 Å². The lowest BCUT2D eigenvalue weighted by molar-refractivity contribution is 0.214. The topological polar surface area (TPSA) is 20.2 Å². The zero-order valence-electron chi connectivity index (χ0n) is 9.32. The Morgan fingerprint density at radius 1 is 1.00 bits per heavy atom. The molecule has 0 aliphatic heterocycles. The third-order valence-electron chi connectivity index (χ3n) is 2.73. The number of aliphatic hydroxyl groups excluding tert-OH is 1. The van der Waals surface area contributed by atoms with Crippen LogP contribution in [0.1, 0.15) is 22.8 Å². The molecule has 0 spiro atoms. The Hall–Kier alpha value is -1.74. The minimum atomic E-state index is -1.07. The molecule has 0 aromatic heterocycles. The largest absolute Gasteiger partial charge is 0.384 e. The molecule has 0 saturated heterocycles. The lowest BCUT2D eigenvalue weighted by atomic mass is 9.97. The highest BCUT2D eigenvalue weighted by Gasteiger charge is 2.16. The summed E-state index contributed by atoms with van der Waals surface area (Å²) in [5.41, 5.74) is 1.31. The summed E-state index contributed by atoms with van der Waals surface area (Å²) < 4.78 is 26.4. The first-order valence-electron chi connectivity index (χ1n) is 5.28. The molecule has 1 nitrogen and oxygen atoms in total. The van der Waals surface area contributed by atoms with E-state index in [-0.39, 0.29) is 11.4 Å². The van der Waals surface area contributed by atoms with Crippen molar-refractivity contribution in [2.75, 3.05) is 0 Å². The van der Waals surface area contributed by atoms with Crippen molar-refractivity contribution in [3.8, 4) is 0 Å². The standard InChI is InChI=1S/C14H12F2O/c1-9-8-10(15)6-7-11(9)14(17)12-4-2-3-5-13(12)16/h2-8,14,17H,1H3. The Morgan fingerprint density at radius 3 is 2.35 bits per heavy atom. The quantitative estimate of drug-likeness (QED) is 0.844. The van der Waals surface area contributed by atoms with Crippen molar-refractivity contribution in [3.05, 3.63) is 70.8 Å². The maximum atomic E-state index is 13.5. The second-order valence-corrected chi connectivity index (χ2v) is 3.92. The molecule has 2 rings (SSSR count). The maximum absolute atomic E-state index is 13.5. The normalized spacial score (nSPS) is 12.5. The molecule has 0 bridgehead atoms. The summed E-state index contributed by atoms with van der Waals surface area (Å²) in [6, 6.07) is 10.1. The second-order valence-electron chi connectivity index (χ2n) is 3.92. The minimum Gasteiger partial charge on any atom is -0.384 e. The van der Waals surface area contributed by atoms with E-state index in [2.05, 4.69) is 0 Å². The Labute approximate surface area is 98.3 Å². The van der Waals surface area contributed by atoms with Gasteiger partial charge in [0.25, 0.3) is 0 Å². The van der Waals surface area contributed by atoms with Gasteiger partial charge >= 0.3 is 0 Å². The highest BCUT2D eigenvalue weighted by atomic mass is 19.1. The van der Waals surface area contributed by atoms with Crippen LogP contribution in [0, 0.1) is 18.6 Å². The zero-order chi connectivity index (χ0) is 12.4. The van der Waals surface area contributed by atoms with Crippen LogP contribution in [0.4, 0.5) is 8.78 Å². The van der Waals surface area contributed by atoms with E-state index < -0.39 is 11.9 Å². The van der Waals surface area contributed by atoms with Crippen LogP contribution in [0.3, 0.4) is 0 Å². The van der Waals surface area contributed by atoms with Crippen LogP contribution in [0.2, 0.25) is 0 Å². The third-order valence-corrected chi connectivity index (χ3v) is 2.73. The molecule has 0 heterocycles. The van der Waals surface area contributed by atoms with Crippen molar-refractivity contribution >= 4 is 0 Å². The lowest BCUT2D eigenvalue weighted by Gasteiger charge is -2.14. The fourth-order valence-electron chi connectivity index (χ4n) is 1.81. The molecule has 17 heavy (non-hydrogen) atoms. The van der Waals surface area contributed by atoms with Gasteiger partial charge in [0.15, 0.2) is 0 Å². The Morgan fingerprint density at radius 2 is 1.71 bits per heavy atom. The molecule has 0 radical (unpaired) electrons. The molecule has 0 aliphatic carbocycles. The van der Waals surface area contributed by atoms with Crippen LogP contribution < -0.4 is 0 Å². The van der Waals surface area contributed by atoms with E-state index in [9.17, 15) is 13.9 Å². The Balaban J connectivity index is 2.44. The van der Waals surface area contributed by atoms with E-state index in [1.165, 1.54) is 30.3 Å². The van der Waals surface area contributed by atoms with Gasteiger partial charge in [-0.1, -0.05) is 24.3 Å². The zero-order valence-corrected chi connectivity index (χ0v) is 9.32. The number of hydrogen-bond donors (Lipinski definition) is 1. The summed E-state index contributed by atoms with van der Waals surface area (Å²) in [6.07, 6.45) is -1.07. The van der Waals surface area contributed by atoms with Gasteiger partial charge in [0.1, 0.15) is 17.7 Å². The summed E-state index contributed by atoms with van der Waals surface area (Å²) in [4.78, 5) is 0. The molecular weight excluding hydrogens is 222 g/mol. The number of halogens is 2. The summed E-state index contributed by atoms with van der Waals surface area (Å²) in [6.45, 7) is 1.68. The molecule has 1 unspecified atom stereocenters. The number of aryl methyl sites for hydroxylation is 1. The monoisotopic (exact) mass is 234 g/mol. The fraction of sp³-hybridized carbons (Fsp3) is 0.143. The number of rotatable bonds is 2. The highest BCUT2D eigenvalue weighted by Crippen LogP contribution is 2.26. The van der Waals surface area contributed by atoms with Crippen LogP contribution in [0.15, 0.2) is 42.5 Å². The van der Waals surface area contributed by atoms with Crippen molar-refractivity contribution in [2.45, 2.75) is 13.0 Å². The van der Waals surface area contributed by atoms with E-state index in [0.29, 0.717) is 11.1 Å². The van der Waals surface area contributed by atoms with Crippen LogP contribution in [0.5, 0.6) is 0 Å². The number of benzene rings is 2. The van der Waals surface area contributed by atoms with Gasteiger partial charge in [-0.25, -0.2) is 8.78 Å². The second kappa shape index (κ2) is 4.63. The minimum absolute atomic E-state index is 0.196. The van der Waals surface area contributed by atoms with Gasteiger partial charge in [0.2, 0.25) is 0 Å². The lowest BCUT2D eigenvalue weighted by Crippen LogP contribution is -2.04. The molecule has 1 atom stereocenters. The summed E-state index contributed by atoms with van der Waals surface area (Å²) in [5.74, 6) is -0.837. The molecule has 0 fully saturated rings. The Kier molecular flexibility index (Phi) is 3.20. The molecule has 88 valence electrons. The van der Waals surface area contributed by atoms with E-state index >= 15 is 0 Å². The summed E-state index contributed by atoms with van der Waals surface area (Å²) >= 11 is 0. The van der Waals surface area contributed by atoms with Crippen LogP contribution in [0.25, 0.3) is 0 Å². The van der Waals surface area contributed by atoms with Gasteiger partial charge in [-0.3, -0.25) is 0 Å². The SMILES string of the molecule is Cc1cc(F)ccc1C(O)c1ccccc1F. The molecule has 0 saturated carbocycles. The van der Waals surface area contributed by atoms with Crippen LogP contribution in [-0.2, 0) is 0 Å². The van der Waals surface area contributed by atoms with Crippen molar-refractivity contribution in [2.24, 2.45) is 0 Å². The van der Waals surface area contributed by atoms with Crippen molar-refractivity contribution in [3.63, 3.8) is 0 Å². The number of aliphatic hydroxyl groups is 1. The Bertz CT molecular complexity index is 537. The number of hydrogen-bond acceptors (Lipinski definition) is 1. The van der Waals surface area contributed by atoms with E-state index in [1.807, 2.05) is 0 Å². The highest BCUT2D eigenvalue weighted by molar-refractivity contribution is 5.35. The molecule has 2 aromatic rings. The van der Waals surface area contributed by atoms with Gasteiger partial charge < -0.3 is 5.11 Å². The van der Waals surface area contributed by atoms with Crippen molar-refractivity contribution < 1.29 is 13.9 Å². The molecule has 0 aliphatic rings. The average molecular weight is 234 g/mol. The van der Waals surface area contributed by atoms with Crippen molar-refractivity contribution in [1.82, 2.24) is 0 Å². The first kappa shape index (κ1) is 11.7. The van der Waals surface area contributed by atoms with Gasteiger partial charge in [0, 0.05) is 5.56 Å². The predicted octanol–water partition coefficient (Wildman–Crippen LogP) is 3.35. The molecule has 0 amide bonds. The molecular formula is C14H12F2O. The first-order chi connectivity index (χ1) is 8.09. The van der Waals surface area contributed by atoms with Crippen LogP contribution >= 0.6 is 0 Å². The fourth-order valence-corrected chi connectivity index (χ4v) is 1.81. The maximum Gasteiger partial charge on any atom is 0.129 e. The average Bonchev–Trinajstić information content (AvgIpc) is 2.29. The summed E-state index contributed by atoms with van der Waals surface area (Å²) in [5, 5.41) is 10.1. The van der Waals surface area contributed by atoms with Gasteiger partial charge in [-0.2, -0.15) is 0 Å². The third kappa shape index (κ3) is 2.34. The van der Waals surface area contributed by atoms with Gasteiger partial charge in [0.05, 0.1) is 0 Å².